The van der Waals surface area contributed by atoms with E-state index in [-0.39, 0.29) is 22.3 Å². The zero-order valence-electron chi connectivity index (χ0n) is 14.3. The normalized spacial score (nSPS) is 18.1. The number of carbonyl (C=O) groups excluding carboxylic acids is 1. The van der Waals surface area contributed by atoms with E-state index in [0.29, 0.717) is 5.56 Å². The van der Waals surface area contributed by atoms with Crippen LogP contribution in [0.3, 0.4) is 0 Å². The lowest BCUT2D eigenvalue weighted by Gasteiger charge is -2.40. The number of nitrogens with one attached hydrogen (secondary N) is 1. The molecule has 1 saturated heterocycles. The number of hydrogen-bond donors (Lipinski definition) is 1. The molecule has 1 fully saturated rings. The Morgan fingerprint density at radius 2 is 1.65 bits per heavy atom. The van der Waals surface area contributed by atoms with Crippen LogP contribution in [0, 0.1) is 0 Å². The highest BCUT2D eigenvalue weighted by Crippen LogP contribution is 2.21. The standard InChI is InChI=1S/C17H26N2O3S/c1-13(20)14-5-7-16(8-6-14)23(21,22)18-15-9-11-19(12-10-15)17(2,3)4/h5-8,15,18H,9-12H2,1-4H3. The fourth-order valence-corrected chi connectivity index (χ4v) is 4.13. The van der Waals surface area contributed by atoms with Crippen LogP contribution in [-0.4, -0.2) is 43.8 Å². The summed E-state index contributed by atoms with van der Waals surface area (Å²) >= 11 is 0. The molecule has 0 unspecified atom stereocenters. The molecule has 0 radical (unpaired) electrons. The number of ketones is 1. The summed E-state index contributed by atoms with van der Waals surface area (Å²) in [6.45, 7) is 9.76. The smallest absolute Gasteiger partial charge is 0.240 e. The van der Waals surface area contributed by atoms with Gasteiger partial charge in [-0.1, -0.05) is 12.1 Å². The predicted octanol–water partition coefficient (Wildman–Crippen LogP) is 2.43. The summed E-state index contributed by atoms with van der Waals surface area (Å²) in [4.78, 5) is 13.8. The maximum Gasteiger partial charge on any atom is 0.240 e. The van der Waals surface area contributed by atoms with Gasteiger partial charge in [-0.05, 0) is 52.7 Å². The molecule has 1 aromatic rings. The molecule has 23 heavy (non-hydrogen) atoms. The lowest BCUT2D eigenvalue weighted by atomic mass is 9.99. The number of piperidine rings is 1. The molecule has 6 heteroatoms. The number of sulfonamides is 1. The summed E-state index contributed by atoms with van der Waals surface area (Å²) in [5, 5.41) is 0. The van der Waals surface area contributed by atoms with Crippen molar-refractivity contribution in [1.82, 2.24) is 9.62 Å². The molecule has 1 aromatic carbocycles. The molecule has 1 N–H and O–H groups in total. The van der Waals surface area contributed by atoms with Gasteiger partial charge in [0.15, 0.2) is 5.78 Å². The van der Waals surface area contributed by atoms with E-state index in [1.165, 1.54) is 19.1 Å². The minimum absolute atomic E-state index is 0.0360. The summed E-state index contributed by atoms with van der Waals surface area (Å²) in [7, 11) is -3.54. The Morgan fingerprint density at radius 1 is 1.13 bits per heavy atom. The van der Waals surface area contributed by atoms with Crippen molar-refractivity contribution in [3.63, 3.8) is 0 Å². The summed E-state index contributed by atoms with van der Waals surface area (Å²) < 4.78 is 27.7. The van der Waals surface area contributed by atoms with E-state index in [1.54, 1.807) is 12.1 Å². The van der Waals surface area contributed by atoms with Crippen LogP contribution in [0.4, 0.5) is 0 Å². The van der Waals surface area contributed by atoms with E-state index < -0.39 is 10.0 Å². The first-order chi connectivity index (χ1) is 10.6. The van der Waals surface area contributed by atoms with Gasteiger partial charge in [0.2, 0.25) is 10.0 Å². The quantitative estimate of drug-likeness (QED) is 0.856. The average Bonchev–Trinajstić information content (AvgIpc) is 2.46. The Kier molecular flexibility index (Phi) is 5.28. The van der Waals surface area contributed by atoms with E-state index in [2.05, 4.69) is 30.4 Å². The average molecular weight is 338 g/mol. The highest BCUT2D eigenvalue weighted by molar-refractivity contribution is 7.89. The highest BCUT2D eigenvalue weighted by atomic mass is 32.2. The van der Waals surface area contributed by atoms with Crippen molar-refractivity contribution < 1.29 is 13.2 Å². The molecule has 0 aromatic heterocycles. The molecule has 128 valence electrons. The first-order valence-electron chi connectivity index (χ1n) is 7.98. The van der Waals surface area contributed by atoms with Gasteiger partial charge in [0, 0.05) is 30.2 Å². The van der Waals surface area contributed by atoms with Crippen molar-refractivity contribution in [3.05, 3.63) is 29.8 Å². The minimum atomic E-state index is -3.54. The Bertz CT molecular complexity index is 652. The second kappa shape index (κ2) is 6.71. The number of Topliss-reactive ketones (excluding diaryl/α,β-unsaturated/α-hetero) is 1. The lowest BCUT2D eigenvalue weighted by Crippen LogP contribution is -2.50. The molecule has 0 saturated carbocycles. The topological polar surface area (TPSA) is 66.5 Å². The molecule has 0 spiro atoms. The van der Waals surface area contributed by atoms with E-state index in [4.69, 9.17) is 0 Å². The number of rotatable bonds is 4. The van der Waals surface area contributed by atoms with E-state index in [9.17, 15) is 13.2 Å². The summed E-state index contributed by atoms with van der Waals surface area (Å²) in [5.41, 5.74) is 0.634. The number of carbonyl (C=O) groups is 1. The molecule has 0 bridgehead atoms. The largest absolute Gasteiger partial charge is 0.298 e. The fourth-order valence-electron chi connectivity index (χ4n) is 2.82. The number of likely N-dealkylation sites (tertiary alicyclic amines) is 1. The zero-order chi connectivity index (χ0) is 17.3. The van der Waals surface area contributed by atoms with Crippen molar-refractivity contribution in [2.45, 2.75) is 57.0 Å². The molecule has 0 amide bonds. The van der Waals surface area contributed by atoms with Gasteiger partial charge in [-0.2, -0.15) is 0 Å². The third kappa shape index (κ3) is 4.62. The maximum absolute atomic E-state index is 12.5. The van der Waals surface area contributed by atoms with Gasteiger partial charge in [-0.15, -0.1) is 0 Å². The van der Waals surface area contributed by atoms with Gasteiger partial charge in [-0.3, -0.25) is 9.69 Å². The minimum Gasteiger partial charge on any atom is -0.298 e. The summed E-state index contributed by atoms with van der Waals surface area (Å²) in [6.07, 6.45) is 1.62. The molecule has 5 nitrogen and oxygen atoms in total. The Hall–Kier alpha value is -1.24. The maximum atomic E-state index is 12.5. The van der Waals surface area contributed by atoms with Crippen molar-refractivity contribution >= 4 is 15.8 Å². The molecule has 2 rings (SSSR count). The summed E-state index contributed by atoms with van der Waals surface area (Å²) in [6, 6.07) is 6.05. The van der Waals surface area contributed by atoms with Crippen LogP contribution in [0.15, 0.2) is 29.2 Å². The second-order valence-electron chi connectivity index (χ2n) is 7.13. The van der Waals surface area contributed by atoms with E-state index in [1.807, 2.05) is 0 Å². The van der Waals surface area contributed by atoms with Gasteiger partial charge < -0.3 is 0 Å². The molecule has 0 aliphatic carbocycles. The first kappa shape index (κ1) is 18.1. The van der Waals surface area contributed by atoms with Crippen LogP contribution in [0.2, 0.25) is 0 Å². The molecule has 1 heterocycles. The number of hydrogen-bond acceptors (Lipinski definition) is 4. The van der Waals surface area contributed by atoms with Crippen LogP contribution in [0.1, 0.15) is 50.9 Å². The number of nitrogens with zero attached hydrogens (tertiary/aromatic N) is 1. The van der Waals surface area contributed by atoms with Gasteiger partial charge in [0.25, 0.3) is 0 Å². The van der Waals surface area contributed by atoms with Crippen LogP contribution in [0.5, 0.6) is 0 Å². The van der Waals surface area contributed by atoms with Crippen LogP contribution in [-0.2, 0) is 10.0 Å². The Labute approximate surface area is 139 Å². The van der Waals surface area contributed by atoms with Gasteiger partial charge in [0.05, 0.1) is 4.90 Å². The molecule has 0 atom stereocenters. The van der Waals surface area contributed by atoms with E-state index >= 15 is 0 Å². The van der Waals surface area contributed by atoms with Crippen molar-refractivity contribution in [2.75, 3.05) is 13.1 Å². The lowest BCUT2D eigenvalue weighted by molar-refractivity contribution is 0.100. The van der Waals surface area contributed by atoms with Gasteiger partial charge in [0.1, 0.15) is 0 Å². The first-order valence-corrected chi connectivity index (χ1v) is 9.46. The molecule has 1 aliphatic rings. The SMILES string of the molecule is CC(=O)c1ccc(S(=O)(=O)NC2CCN(C(C)(C)C)CC2)cc1. The Balaban J connectivity index is 2.01. The molecular weight excluding hydrogens is 312 g/mol. The monoisotopic (exact) mass is 338 g/mol. The van der Waals surface area contributed by atoms with Crippen molar-refractivity contribution in [1.29, 1.82) is 0 Å². The third-order valence-electron chi connectivity index (χ3n) is 4.34. The van der Waals surface area contributed by atoms with Crippen LogP contribution >= 0.6 is 0 Å². The van der Waals surface area contributed by atoms with Crippen LogP contribution in [0.25, 0.3) is 0 Å². The van der Waals surface area contributed by atoms with Gasteiger partial charge in [-0.25, -0.2) is 13.1 Å². The highest BCUT2D eigenvalue weighted by Gasteiger charge is 2.29. The van der Waals surface area contributed by atoms with Gasteiger partial charge >= 0.3 is 0 Å². The van der Waals surface area contributed by atoms with Crippen molar-refractivity contribution in [2.24, 2.45) is 0 Å². The molecular formula is C17H26N2O3S. The zero-order valence-corrected chi connectivity index (χ0v) is 15.1. The predicted molar refractivity (Wildman–Crippen MR) is 91.1 cm³/mol. The van der Waals surface area contributed by atoms with Crippen LogP contribution < -0.4 is 4.72 Å². The fraction of sp³-hybridized carbons (Fsp3) is 0.588. The van der Waals surface area contributed by atoms with Crippen molar-refractivity contribution in [3.8, 4) is 0 Å². The Morgan fingerprint density at radius 3 is 2.09 bits per heavy atom. The number of benzene rings is 1. The summed E-state index contributed by atoms with van der Waals surface area (Å²) in [5.74, 6) is -0.0727. The van der Waals surface area contributed by atoms with E-state index in [0.717, 1.165) is 25.9 Å². The molecule has 1 aliphatic heterocycles. The third-order valence-corrected chi connectivity index (χ3v) is 5.87. The second-order valence-corrected chi connectivity index (χ2v) is 8.85.